The van der Waals surface area contributed by atoms with E-state index in [1.54, 1.807) is 24.3 Å². The monoisotopic (exact) mass is 582 g/mol. The number of fused-ring (bicyclic) bond motifs is 1. The molecule has 3 aromatic rings. The van der Waals surface area contributed by atoms with Crippen LogP contribution in [0.5, 0.6) is 0 Å². The third kappa shape index (κ3) is 6.83. The van der Waals surface area contributed by atoms with E-state index in [2.05, 4.69) is 17.4 Å². The molecule has 2 fully saturated rings. The molecule has 9 nitrogen and oxygen atoms in total. The summed E-state index contributed by atoms with van der Waals surface area (Å²) in [5.74, 6) is -2.34. The molecule has 5 rings (SSSR count). The van der Waals surface area contributed by atoms with Gasteiger partial charge in [0.2, 0.25) is 11.8 Å². The zero-order chi connectivity index (χ0) is 30.5. The van der Waals surface area contributed by atoms with Gasteiger partial charge in [-0.15, -0.1) is 0 Å². The van der Waals surface area contributed by atoms with Crippen LogP contribution in [0, 0.1) is 17.8 Å². The lowest BCUT2D eigenvalue weighted by Crippen LogP contribution is -2.30. The second kappa shape index (κ2) is 13.0. The molecule has 1 aliphatic heterocycles. The number of hydrogen-bond donors (Lipinski definition) is 1. The van der Waals surface area contributed by atoms with Crippen molar-refractivity contribution < 1.29 is 33.4 Å². The summed E-state index contributed by atoms with van der Waals surface area (Å²) in [6, 6.07) is 22.3. The highest BCUT2D eigenvalue weighted by Gasteiger charge is 2.50. The van der Waals surface area contributed by atoms with Crippen molar-refractivity contribution in [2.24, 2.45) is 17.8 Å². The van der Waals surface area contributed by atoms with E-state index in [0.717, 1.165) is 6.42 Å². The number of rotatable bonds is 9. The molecule has 1 saturated heterocycles. The van der Waals surface area contributed by atoms with E-state index in [0.29, 0.717) is 36.4 Å². The van der Waals surface area contributed by atoms with E-state index in [1.807, 2.05) is 32.0 Å². The number of carbonyl (C=O) groups is 5. The number of nitrogens with zero attached hydrogens (tertiary/aromatic N) is 1. The average molecular weight is 583 g/mol. The smallest absolute Gasteiger partial charge is 0.338 e. The molecule has 1 heterocycles. The van der Waals surface area contributed by atoms with Crippen molar-refractivity contribution in [3.8, 4) is 0 Å². The van der Waals surface area contributed by atoms with E-state index >= 15 is 0 Å². The Balaban J connectivity index is 1.13. The fourth-order valence-electron chi connectivity index (χ4n) is 5.64. The lowest BCUT2D eigenvalue weighted by molar-refractivity contribution is -0.122. The molecule has 0 bridgehead atoms. The van der Waals surface area contributed by atoms with E-state index in [1.165, 1.54) is 34.7 Å². The first kappa shape index (κ1) is 29.7. The van der Waals surface area contributed by atoms with Gasteiger partial charge in [-0.05, 0) is 85.2 Å². The molecule has 1 aliphatic carbocycles. The summed E-state index contributed by atoms with van der Waals surface area (Å²) in [6.07, 6.45) is 2.15. The van der Waals surface area contributed by atoms with Crippen LogP contribution in [0.15, 0.2) is 78.9 Å². The summed E-state index contributed by atoms with van der Waals surface area (Å²) >= 11 is 0. The number of hydrogen-bond acceptors (Lipinski definition) is 7. The molecule has 0 unspecified atom stereocenters. The maximum atomic E-state index is 13.3. The number of ether oxygens (including phenoxy) is 2. The molecule has 3 aromatic carbocycles. The molecule has 0 spiro atoms. The van der Waals surface area contributed by atoms with E-state index < -0.39 is 24.5 Å². The molecule has 222 valence electrons. The number of carbonyl (C=O) groups excluding carboxylic acids is 5. The first-order valence-corrected chi connectivity index (χ1v) is 14.5. The first-order chi connectivity index (χ1) is 20.7. The van der Waals surface area contributed by atoms with Gasteiger partial charge in [0, 0.05) is 5.69 Å². The Labute approximate surface area is 250 Å². The summed E-state index contributed by atoms with van der Waals surface area (Å²) < 4.78 is 10.3. The lowest BCUT2D eigenvalue weighted by atomic mass is 9.73. The lowest BCUT2D eigenvalue weighted by Gasteiger charge is -2.28. The second-order valence-corrected chi connectivity index (χ2v) is 11.4. The summed E-state index contributed by atoms with van der Waals surface area (Å²) in [5.41, 5.74) is 2.57. The molecule has 0 radical (unpaired) electrons. The molecule has 9 heteroatoms. The van der Waals surface area contributed by atoms with Crippen molar-refractivity contribution in [3.63, 3.8) is 0 Å². The van der Waals surface area contributed by atoms with Crippen LogP contribution in [-0.4, -0.2) is 42.9 Å². The summed E-state index contributed by atoms with van der Waals surface area (Å²) in [4.78, 5) is 64.7. The van der Waals surface area contributed by atoms with Gasteiger partial charge in [0.1, 0.15) is 0 Å². The highest BCUT2D eigenvalue weighted by atomic mass is 16.5. The van der Waals surface area contributed by atoms with Crippen molar-refractivity contribution in [1.82, 2.24) is 0 Å². The van der Waals surface area contributed by atoms with Gasteiger partial charge >= 0.3 is 11.9 Å². The Morgan fingerprint density at radius 3 is 2.05 bits per heavy atom. The van der Waals surface area contributed by atoms with Crippen LogP contribution in [-0.2, 0) is 23.9 Å². The molecule has 0 aromatic heterocycles. The number of benzene rings is 3. The predicted octanol–water partition coefficient (Wildman–Crippen LogP) is 5.37. The zero-order valence-corrected chi connectivity index (χ0v) is 24.2. The summed E-state index contributed by atoms with van der Waals surface area (Å²) in [7, 11) is 0. The number of esters is 2. The van der Waals surface area contributed by atoms with Crippen LogP contribution in [0.3, 0.4) is 0 Å². The molecule has 43 heavy (non-hydrogen) atoms. The van der Waals surface area contributed by atoms with Gasteiger partial charge in [-0.25, -0.2) is 9.59 Å². The molecule has 2 aliphatic rings. The molecule has 1 saturated carbocycles. The summed E-state index contributed by atoms with van der Waals surface area (Å²) in [5, 5.41) is 2.61. The van der Waals surface area contributed by atoms with E-state index in [9.17, 15) is 24.0 Å². The van der Waals surface area contributed by atoms with Gasteiger partial charge < -0.3 is 14.8 Å². The maximum Gasteiger partial charge on any atom is 0.338 e. The van der Waals surface area contributed by atoms with Crippen molar-refractivity contribution >= 4 is 41.0 Å². The Morgan fingerprint density at radius 1 is 0.791 bits per heavy atom. The van der Waals surface area contributed by atoms with Crippen LogP contribution in [0.1, 0.15) is 65.3 Å². The normalized spacial score (nSPS) is 19.6. The van der Waals surface area contributed by atoms with Crippen LogP contribution in [0.4, 0.5) is 11.4 Å². The predicted molar refractivity (Wildman–Crippen MR) is 159 cm³/mol. The van der Waals surface area contributed by atoms with Crippen LogP contribution < -0.4 is 10.2 Å². The average Bonchev–Trinajstić information content (AvgIpc) is 3.28. The standard InChI is InChI=1S/C34H34N2O7/c1-21(2)19-42-33(40)23-8-13-26(14-9-23)35-30(37)20-43-34(41)24-10-15-27(16-11-24)36-31(38)28-17-12-25(18-29(28)32(36)39)22-6-4-3-5-7-22/h3-11,13-16,21,25,28-29H,12,17-20H2,1-2H3,(H,35,37)/t25-,28-,29+/m1/s1. The topological polar surface area (TPSA) is 119 Å². The van der Waals surface area contributed by atoms with Gasteiger partial charge in [0.25, 0.3) is 5.91 Å². The molecular weight excluding hydrogens is 548 g/mol. The Bertz CT molecular complexity index is 1500. The van der Waals surface area contributed by atoms with Gasteiger partial charge in [-0.2, -0.15) is 0 Å². The van der Waals surface area contributed by atoms with Crippen LogP contribution >= 0.6 is 0 Å². The Hall–Kier alpha value is -4.79. The third-order valence-electron chi connectivity index (χ3n) is 7.84. The number of nitrogens with one attached hydrogen (secondary N) is 1. The number of anilines is 2. The molecule has 1 N–H and O–H groups in total. The van der Waals surface area contributed by atoms with E-state index in [-0.39, 0.29) is 41.0 Å². The third-order valence-corrected chi connectivity index (χ3v) is 7.84. The number of amides is 3. The van der Waals surface area contributed by atoms with Crippen LogP contribution in [0.25, 0.3) is 0 Å². The quantitative estimate of drug-likeness (QED) is 0.266. The fourth-order valence-corrected chi connectivity index (χ4v) is 5.64. The zero-order valence-electron chi connectivity index (χ0n) is 24.2. The van der Waals surface area contributed by atoms with Crippen LogP contribution in [0.2, 0.25) is 0 Å². The van der Waals surface area contributed by atoms with Gasteiger partial charge in [-0.1, -0.05) is 44.2 Å². The molecular formula is C34H34N2O7. The van der Waals surface area contributed by atoms with E-state index in [4.69, 9.17) is 9.47 Å². The minimum Gasteiger partial charge on any atom is -0.462 e. The second-order valence-electron chi connectivity index (χ2n) is 11.4. The maximum absolute atomic E-state index is 13.3. The Kier molecular flexibility index (Phi) is 8.99. The SMILES string of the molecule is CC(C)COC(=O)c1ccc(NC(=O)COC(=O)c2ccc(N3C(=O)[C@H]4C[C@H](c5ccccc5)CC[C@H]4C3=O)cc2)cc1. The summed E-state index contributed by atoms with van der Waals surface area (Å²) in [6.45, 7) is 3.68. The van der Waals surface area contributed by atoms with Gasteiger partial charge in [0.15, 0.2) is 6.61 Å². The van der Waals surface area contributed by atoms with Crippen molar-refractivity contribution in [3.05, 3.63) is 95.6 Å². The number of imide groups is 1. The van der Waals surface area contributed by atoms with Gasteiger partial charge in [-0.3, -0.25) is 19.3 Å². The molecule has 3 amide bonds. The minimum atomic E-state index is -0.719. The van der Waals surface area contributed by atoms with Gasteiger partial charge in [0.05, 0.1) is 35.3 Å². The molecule has 3 atom stereocenters. The minimum absolute atomic E-state index is 0.182. The fraction of sp³-hybridized carbons (Fsp3) is 0.324. The first-order valence-electron chi connectivity index (χ1n) is 14.5. The highest BCUT2D eigenvalue weighted by molar-refractivity contribution is 6.22. The largest absolute Gasteiger partial charge is 0.462 e. The Morgan fingerprint density at radius 2 is 1.40 bits per heavy atom. The van der Waals surface area contributed by atoms with Crippen molar-refractivity contribution in [2.45, 2.75) is 39.0 Å². The van der Waals surface area contributed by atoms with Crippen molar-refractivity contribution in [1.29, 1.82) is 0 Å². The highest BCUT2D eigenvalue weighted by Crippen LogP contribution is 2.45. The van der Waals surface area contributed by atoms with Crippen molar-refractivity contribution in [2.75, 3.05) is 23.4 Å².